The van der Waals surface area contributed by atoms with Crippen LogP contribution in [0.25, 0.3) is 0 Å². The molecular formula is C24H20N2O5S. The average Bonchev–Trinajstić information content (AvgIpc) is 3.45. The molecule has 1 aromatic heterocycles. The maximum absolute atomic E-state index is 13.1. The summed E-state index contributed by atoms with van der Waals surface area (Å²) >= 11 is 1.60. The molecule has 2 aliphatic heterocycles. The van der Waals surface area contributed by atoms with E-state index in [1.165, 1.54) is 0 Å². The largest absolute Gasteiger partial charge is 0.467 e. The maximum Gasteiger partial charge on any atom is 0.311 e. The molecular weight excluding hydrogens is 428 g/mol. The molecule has 32 heavy (non-hydrogen) atoms. The fourth-order valence-corrected chi connectivity index (χ4v) is 5.02. The first-order valence-corrected chi connectivity index (χ1v) is 11.1. The van der Waals surface area contributed by atoms with Crippen LogP contribution in [-0.4, -0.2) is 35.8 Å². The van der Waals surface area contributed by atoms with Crippen LogP contribution in [0.2, 0.25) is 0 Å². The minimum atomic E-state index is -0.596. The highest BCUT2D eigenvalue weighted by molar-refractivity contribution is 7.99. The number of amides is 2. The van der Waals surface area contributed by atoms with Crippen LogP contribution in [0.4, 0.5) is 11.4 Å². The molecule has 0 saturated carbocycles. The Kier molecular flexibility index (Phi) is 5.45. The number of rotatable bonds is 5. The highest BCUT2D eigenvalue weighted by atomic mass is 32.2. The van der Waals surface area contributed by atoms with Crippen LogP contribution in [0.5, 0.6) is 0 Å². The standard InChI is InChI=1S/C24H20N2O5S/c27-22-12-16(13-25(22)14-17-6-5-11-30-17)24(29)31-15-23(28)26-18-7-1-3-9-20(18)32-21-10-4-2-8-19(21)26/h1-11,16H,12-15H2/t16-/m0/s1. The van der Waals surface area contributed by atoms with Gasteiger partial charge in [-0.05, 0) is 36.4 Å². The van der Waals surface area contributed by atoms with Crippen molar-refractivity contribution in [2.75, 3.05) is 18.1 Å². The number of anilines is 2. The number of para-hydroxylation sites is 2. The van der Waals surface area contributed by atoms with Crippen molar-refractivity contribution in [3.8, 4) is 0 Å². The van der Waals surface area contributed by atoms with Crippen molar-refractivity contribution in [3.63, 3.8) is 0 Å². The molecule has 0 radical (unpaired) electrons. The number of carbonyl (C=O) groups is 3. The number of fused-ring (bicyclic) bond motifs is 2. The molecule has 0 spiro atoms. The molecule has 8 heteroatoms. The van der Waals surface area contributed by atoms with E-state index in [4.69, 9.17) is 9.15 Å². The summed E-state index contributed by atoms with van der Waals surface area (Å²) in [5.74, 6) is -0.952. The number of likely N-dealkylation sites (tertiary alicyclic amines) is 1. The van der Waals surface area contributed by atoms with E-state index in [2.05, 4.69) is 0 Å². The number of hydrogen-bond donors (Lipinski definition) is 0. The van der Waals surface area contributed by atoms with Gasteiger partial charge in [0.25, 0.3) is 5.91 Å². The van der Waals surface area contributed by atoms with Gasteiger partial charge in [-0.15, -0.1) is 0 Å². The van der Waals surface area contributed by atoms with Gasteiger partial charge in [0.2, 0.25) is 5.91 Å². The summed E-state index contributed by atoms with van der Waals surface area (Å²) in [4.78, 5) is 43.1. The first kappa shape index (κ1) is 20.4. The summed E-state index contributed by atoms with van der Waals surface area (Å²) < 4.78 is 10.6. The number of ether oxygens (including phenoxy) is 1. The Morgan fingerprint density at radius 1 is 1.00 bits per heavy atom. The predicted octanol–water partition coefficient (Wildman–Crippen LogP) is 4.00. The lowest BCUT2D eigenvalue weighted by molar-refractivity contribution is -0.151. The molecule has 2 aromatic carbocycles. The van der Waals surface area contributed by atoms with Gasteiger partial charge in [-0.1, -0.05) is 36.0 Å². The van der Waals surface area contributed by atoms with Crippen LogP contribution >= 0.6 is 11.8 Å². The van der Waals surface area contributed by atoms with Crippen LogP contribution in [0.3, 0.4) is 0 Å². The summed E-state index contributed by atoms with van der Waals surface area (Å²) in [5, 5.41) is 0. The lowest BCUT2D eigenvalue weighted by Crippen LogP contribution is -2.34. The van der Waals surface area contributed by atoms with E-state index in [0.29, 0.717) is 12.3 Å². The van der Waals surface area contributed by atoms with Crippen molar-refractivity contribution in [1.29, 1.82) is 0 Å². The summed E-state index contributed by atoms with van der Waals surface area (Å²) in [6.45, 7) is 0.168. The Hall–Kier alpha value is -3.52. The van der Waals surface area contributed by atoms with Gasteiger partial charge in [-0.2, -0.15) is 0 Å². The fourth-order valence-electron chi connectivity index (χ4n) is 3.96. The van der Waals surface area contributed by atoms with Crippen LogP contribution in [0, 0.1) is 5.92 Å². The van der Waals surface area contributed by atoms with Crippen LogP contribution in [-0.2, 0) is 25.7 Å². The Morgan fingerprint density at radius 2 is 1.69 bits per heavy atom. The number of esters is 1. The molecule has 1 atom stereocenters. The van der Waals surface area contributed by atoms with E-state index in [-0.39, 0.29) is 24.8 Å². The first-order chi connectivity index (χ1) is 15.6. The topological polar surface area (TPSA) is 80.1 Å². The molecule has 2 aliphatic rings. The number of nitrogens with zero attached hydrogens (tertiary/aromatic N) is 2. The molecule has 3 heterocycles. The lowest BCUT2D eigenvalue weighted by atomic mass is 10.1. The van der Waals surface area contributed by atoms with Gasteiger partial charge in [0.05, 0.1) is 30.1 Å². The van der Waals surface area contributed by atoms with Crippen molar-refractivity contribution in [2.24, 2.45) is 5.92 Å². The van der Waals surface area contributed by atoms with Gasteiger partial charge >= 0.3 is 5.97 Å². The van der Waals surface area contributed by atoms with Gasteiger partial charge in [0, 0.05) is 22.8 Å². The van der Waals surface area contributed by atoms with Crippen LogP contribution < -0.4 is 4.90 Å². The number of benzene rings is 2. The summed E-state index contributed by atoms with van der Waals surface area (Å²) in [5.41, 5.74) is 1.52. The summed E-state index contributed by atoms with van der Waals surface area (Å²) in [6.07, 6.45) is 1.61. The fraction of sp³-hybridized carbons (Fsp3) is 0.208. The van der Waals surface area contributed by atoms with E-state index in [9.17, 15) is 14.4 Å². The Balaban J connectivity index is 1.25. The second-order valence-corrected chi connectivity index (χ2v) is 8.71. The normalized spacial score (nSPS) is 17.1. The van der Waals surface area contributed by atoms with Gasteiger partial charge in [0.1, 0.15) is 5.76 Å². The number of furan rings is 1. The molecule has 3 aromatic rings. The Labute approximate surface area is 188 Å². The monoisotopic (exact) mass is 448 g/mol. The summed E-state index contributed by atoms with van der Waals surface area (Å²) in [6, 6.07) is 18.8. The third-order valence-corrected chi connectivity index (χ3v) is 6.62. The minimum absolute atomic E-state index is 0.0692. The lowest BCUT2D eigenvalue weighted by Gasteiger charge is -2.30. The Morgan fingerprint density at radius 3 is 2.34 bits per heavy atom. The third-order valence-electron chi connectivity index (χ3n) is 5.49. The zero-order chi connectivity index (χ0) is 22.1. The number of hydrogen-bond acceptors (Lipinski definition) is 6. The van der Waals surface area contributed by atoms with Crippen molar-refractivity contribution < 1.29 is 23.5 Å². The second kappa shape index (κ2) is 8.55. The molecule has 0 unspecified atom stereocenters. The molecule has 2 amide bonds. The smallest absolute Gasteiger partial charge is 0.311 e. The average molecular weight is 449 g/mol. The zero-order valence-electron chi connectivity index (χ0n) is 17.1. The highest BCUT2D eigenvalue weighted by Crippen LogP contribution is 2.47. The molecule has 0 bridgehead atoms. The van der Waals surface area contributed by atoms with E-state index < -0.39 is 18.5 Å². The van der Waals surface area contributed by atoms with E-state index in [1.54, 1.807) is 40.0 Å². The third kappa shape index (κ3) is 3.89. The molecule has 162 valence electrons. The van der Waals surface area contributed by atoms with Crippen molar-refractivity contribution >= 4 is 40.9 Å². The second-order valence-electron chi connectivity index (χ2n) is 7.63. The van der Waals surface area contributed by atoms with Crippen molar-refractivity contribution in [3.05, 3.63) is 72.7 Å². The molecule has 7 nitrogen and oxygen atoms in total. The molecule has 0 N–H and O–H groups in total. The SMILES string of the molecule is O=C(OCC(=O)N1c2ccccc2Sc2ccccc21)[C@H]1CC(=O)N(Cc2ccco2)C1. The molecule has 5 rings (SSSR count). The van der Waals surface area contributed by atoms with Crippen molar-refractivity contribution in [1.82, 2.24) is 4.90 Å². The molecule has 0 aliphatic carbocycles. The van der Waals surface area contributed by atoms with Gasteiger partial charge in [-0.25, -0.2) is 0 Å². The number of carbonyl (C=O) groups excluding carboxylic acids is 3. The van der Waals surface area contributed by atoms with Crippen LogP contribution in [0.1, 0.15) is 12.2 Å². The molecule has 1 fully saturated rings. The minimum Gasteiger partial charge on any atom is -0.467 e. The summed E-state index contributed by atoms with van der Waals surface area (Å²) in [7, 11) is 0. The molecule has 1 saturated heterocycles. The van der Waals surface area contributed by atoms with Gasteiger partial charge < -0.3 is 14.1 Å². The Bertz CT molecular complexity index is 1130. The van der Waals surface area contributed by atoms with Gasteiger partial charge in [-0.3, -0.25) is 19.3 Å². The van der Waals surface area contributed by atoms with E-state index >= 15 is 0 Å². The van der Waals surface area contributed by atoms with E-state index in [0.717, 1.165) is 21.2 Å². The van der Waals surface area contributed by atoms with Crippen LogP contribution in [0.15, 0.2) is 81.1 Å². The predicted molar refractivity (Wildman–Crippen MR) is 117 cm³/mol. The maximum atomic E-state index is 13.1. The quantitative estimate of drug-likeness (QED) is 0.549. The van der Waals surface area contributed by atoms with Crippen molar-refractivity contribution in [2.45, 2.75) is 22.8 Å². The first-order valence-electron chi connectivity index (χ1n) is 10.3. The van der Waals surface area contributed by atoms with Gasteiger partial charge in [0.15, 0.2) is 6.61 Å². The highest BCUT2D eigenvalue weighted by Gasteiger charge is 2.36. The van der Waals surface area contributed by atoms with E-state index in [1.807, 2.05) is 48.5 Å². The zero-order valence-corrected chi connectivity index (χ0v) is 17.9.